The number of benzene rings is 1. The van der Waals surface area contributed by atoms with Crippen LogP contribution in [-0.2, 0) is 9.53 Å². The summed E-state index contributed by atoms with van der Waals surface area (Å²) in [7, 11) is 1.29. The zero-order valence-corrected chi connectivity index (χ0v) is 9.52. The molecule has 0 saturated carbocycles. The molecule has 86 valence electrons. The molecule has 4 nitrogen and oxygen atoms in total. The number of hydrogen-bond donors (Lipinski definition) is 0. The first kappa shape index (κ1) is 12.2. The van der Waals surface area contributed by atoms with E-state index in [1.165, 1.54) is 7.11 Å². The molecule has 0 fully saturated rings. The number of rotatable bonds is 4. The van der Waals surface area contributed by atoms with E-state index >= 15 is 0 Å². The molecule has 1 aromatic carbocycles. The molecule has 4 heteroatoms. The van der Waals surface area contributed by atoms with E-state index < -0.39 is 12.1 Å². The van der Waals surface area contributed by atoms with Crippen LogP contribution in [0.2, 0.25) is 0 Å². The van der Waals surface area contributed by atoms with Crippen LogP contribution in [0.15, 0.2) is 18.2 Å². The number of carbonyl (C=O) groups excluding carboxylic acids is 2. The van der Waals surface area contributed by atoms with Crippen molar-refractivity contribution in [2.24, 2.45) is 0 Å². The van der Waals surface area contributed by atoms with Gasteiger partial charge in [-0.25, -0.2) is 4.79 Å². The number of carbonyl (C=O) groups is 2. The number of esters is 1. The fourth-order valence-corrected chi connectivity index (χ4v) is 1.27. The molecule has 0 amide bonds. The van der Waals surface area contributed by atoms with Crippen molar-refractivity contribution in [2.75, 3.05) is 7.11 Å². The lowest BCUT2D eigenvalue weighted by atomic mass is 10.1. The molecule has 1 unspecified atom stereocenters. The Morgan fingerprint density at radius 1 is 1.44 bits per heavy atom. The Morgan fingerprint density at radius 2 is 2.12 bits per heavy atom. The molecule has 0 aliphatic carbocycles. The Hall–Kier alpha value is -1.84. The molecule has 0 aromatic heterocycles. The van der Waals surface area contributed by atoms with Gasteiger partial charge >= 0.3 is 5.97 Å². The molecule has 0 spiro atoms. The minimum Gasteiger partial charge on any atom is -0.478 e. The quantitative estimate of drug-likeness (QED) is 0.575. The van der Waals surface area contributed by atoms with E-state index in [9.17, 15) is 9.59 Å². The van der Waals surface area contributed by atoms with Crippen molar-refractivity contribution in [3.63, 3.8) is 0 Å². The lowest BCUT2D eigenvalue weighted by molar-refractivity contribution is -0.147. The molecule has 0 saturated heterocycles. The Morgan fingerprint density at radius 3 is 2.69 bits per heavy atom. The summed E-state index contributed by atoms with van der Waals surface area (Å²) < 4.78 is 9.87. The summed E-state index contributed by atoms with van der Waals surface area (Å²) in [5.74, 6) is -0.0871. The van der Waals surface area contributed by atoms with Crippen LogP contribution < -0.4 is 4.74 Å². The SMILES string of the molecule is COC(=O)C(C)Oc1ccc(C)cc1C=O. The van der Waals surface area contributed by atoms with Gasteiger partial charge in [0.25, 0.3) is 0 Å². The molecule has 1 rings (SSSR count). The Balaban J connectivity index is 2.88. The summed E-state index contributed by atoms with van der Waals surface area (Å²) in [6.45, 7) is 3.45. The van der Waals surface area contributed by atoms with E-state index in [0.29, 0.717) is 17.6 Å². The maximum atomic E-state index is 11.1. The predicted molar refractivity (Wildman–Crippen MR) is 58.7 cm³/mol. The third-order valence-electron chi connectivity index (χ3n) is 2.13. The lowest BCUT2D eigenvalue weighted by Crippen LogP contribution is -2.25. The van der Waals surface area contributed by atoms with Crippen LogP contribution in [0, 0.1) is 6.92 Å². The highest BCUT2D eigenvalue weighted by molar-refractivity contribution is 5.80. The van der Waals surface area contributed by atoms with Crippen LogP contribution in [0.3, 0.4) is 0 Å². The largest absolute Gasteiger partial charge is 0.478 e. The van der Waals surface area contributed by atoms with Crippen LogP contribution in [0.1, 0.15) is 22.8 Å². The van der Waals surface area contributed by atoms with Gasteiger partial charge in [-0.1, -0.05) is 11.6 Å². The van der Waals surface area contributed by atoms with Gasteiger partial charge in [-0.15, -0.1) is 0 Å². The third kappa shape index (κ3) is 2.82. The molecule has 0 bridgehead atoms. The molecule has 1 atom stereocenters. The molecular formula is C12H14O4. The Bertz CT molecular complexity index is 398. The number of methoxy groups -OCH3 is 1. The number of aryl methyl sites for hydroxylation is 1. The zero-order valence-electron chi connectivity index (χ0n) is 9.52. The molecule has 16 heavy (non-hydrogen) atoms. The van der Waals surface area contributed by atoms with Gasteiger partial charge in [-0.2, -0.15) is 0 Å². The minimum atomic E-state index is -0.730. The minimum absolute atomic E-state index is 0.388. The summed E-state index contributed by atoms with van der Waals surface area (Å²) >= 11 is 0. The first-order chi connectivity index (χ1) is 7.58. The van der Waals surface area contributed by atoms with Crippen LogP contribution >= 0.6 is 0 Å². The fourth-order valence-electron chi connectivity index (χ4n) is 1.27. The van der Waals surface area contributed by atoms with Gasteiger partial charge in [0, 0.05) is 0 Å². The second kappa shape index (κ2) is 5.30. The molecule has 0 N–H and O–H groups in total. The summed E-state index contributed by atoms with van der Waals surface area (Å²) in [5, 5.41) is 0. The van der Waals surface area contributed by atoms with Gasteiger partial charge < -0.3 is 9.47 Å². The van der Waals surface area contributed by atoms with E-state index in [0.717, 1.165) is 5.56 Å². The standard InChI is InChI=1S/C12H14O4/c1-8-4-5-11(10(6-8)7-13)16-9(2)12(14)15-3/h4-7,9H,1-3H3. The highest BCUT2D eigenvalue weighted by atomic mass is 16.6. The molecule has 0 heterocycles. The van der Waals surface area contributed by atoms with Crippen LogP contribution in [0.5, 0.6) is 5.75 Å². The van der Waals surface area contributed by atoms with Crippen molar-refractivity contribution >= 4 is 12.3 Å². The normalized spacial score (nSPS) is 11.7. The monoisotopic (exact) mass is 222 g/mol. The smallest absolute Gasteiger partial charge is 0.346 e. The predicted octanol–water partition coefficient (Wildman–Crippen LogP) is 1.75. The Labute approximate surface area is 94.2 Å². The number of hydrogen-bond acceptors (Lipinski definition) is 4. The van der Waals surface area contributed by atoms with Gasteiger partial charge in [0.1, 0.15) is 5.75 Å². The van der Waals surface area contributed by atoms with E-state index in [2.05, 4.69) is 4.74 Å². The van der Waals surface area contributed by atoms with Crippen molar-refractivity contribution < 1.29 is 19.1 Å². The van der Waals surface area contributed by atoms with Crippen LogP contribution in [0.25, 0.3) is 0 Å². The highest BCUT2D eigenvalue weighted by Gasteiger charge is 2.16. The van der Waals surface area contributed by atoms with Gasteiger partial charge in [0.2, 0.25) is 0 Å². The third-order valence-corrected chi connectivity index (χ3v) is 2.13. The van der Waals surface area contributed by atoms with Crippen molar-refractivity contribution in [3.05, 3.63) is 29.3 Å². The summed E-state index contributed by atoms with van der Waals surface area (Å²) in [6.07, 6.45) is -0.0295. The molecular weight excluding hydrogens is 208 g/mol. The average molecular weight is 222 g/mol. The Kier molecular flexibility index (Phi) is 4.05. The molecule has 0 aliphatic heterocycles. The van der Waals surface area contributed by atoms with Gasteiger partial charge in [0.05, 0.1) is 12.7 Å². The summed E-state index contributed by atoms with van der Waals surface area (Å²) in [4.78, 5) is 22.0. The van der Waals surface area contributed by atoms with Crippen molar-refractivity contribution in [1.82, 2.24) is 0 Å². The first-order valence-electron chi connectivity index (χ1n) is 4.88. The molecule has 1 aromatic rings. The van der Waals surface area contributed by atoms with Crippen LogP contribution in [-0.4, -0.2) is 25.5 Å². The van der Waals surface area contributed by atoms with Crippen molar-refractivity contribution in [3.8, 4) is 5.75 Å². The van der Waals surface area contributed by atoms with Gasteiger partial charge in [-0.3, -0.25) is 4.79 Å². The van der Waals surface area contributed by atoms with E-state index in [4.69, 9.17) is 4.74 Å². The first-order valence-corrected chi connectivity index (χ1v) is 4.88. The maximum Gasteiger partial charge on any atom is 0.346 e. The van der Waals surface area contributed by atoms with Gasteiger partial charge in [0.15, 0.2) is 12.4 Å². The summed E-state index contributed by atoms with van der Waals surface area (Å²) in [6, 6.07) is 5.18. The average Bonchev–Trinajstić information content (AvgIpc) is 2.30. The second-order valence-corrected chi connectivity index (χ2v) is 3.44. The lowest BCUT2D eigenvalue weighted by Gasteiger charge is -2.14. The van der Waals surface area contributed by atoms with Gasteiger partial charge in [-0.05, 0) is 26.0 Å². The van der Waals surface area contributed by atoms with E-state index in [1.54, 1.807) is 19.1 Å². The molecule has 0 aliphatic rings. The number of aldehydes is 1. The van der Waals surface area contributed by atoms with Crippen molar-refractivity contribution in [2.45, 2.75) is 20.0 Å². The highest BCUT2D eigenvalue weighted by Crippen LogP contribution is 2.19. The summed E-state index contributed by atoms with van der Waals surface area (Å²) in [5.41, 5.74) is 1.39. The maximum absolute atomic E-state index is 11.1. The fraction of sp³-hybridized carbons (Fsp3) is 0.333. The van der Waals surface area contributed by atoms with E-state index in [-0.39, 0.29) is 0 Å². The zero-order chi connectivity index (χ0) is 12.1. The van der Waals surface area contributed by atoms with E-state index in [1.807, 2.05) is 13.0 Å². The topological polar surface area (TPSA) is 52.6 Å². The van der Waals surface area contributed by atoms with Crippen LogP contribution in [0.4, 0.5) is 0 Å². The second-order valence-electron chi connectivity index (χ2n) is 3.44. The van der Waals surface area contributed by atoms with Crippen molar-refractivity contribution in [1.29, 1.82) is 0 Å². The number of ether oxygens (including phenoxy) is 2. The molecule has 0 radical (unpaired) electrons.